The minimum Gasteiger partial charge on any atom is -0.298 e. The zero-order valence-corrected chi connectivity index (χ0v) is 12.3. The molecule has 2 rings (SSSR count). The van der Waals surface area contributed by atoms with Gasteiger partial charge in [0.15, 0.2) is 9.84 Å². The van der Waals surface area contributed by atoms with Gasteiger partial charge in [0.25, 0.3) is 0 Å². The predicted molar refractivity (Wildman–Crippen MR) is 75.8 cm³/mol. The number of hydrogen-bond donors (Lipinski definition) is 1. The molecule has 1 unspecified atom stereocenters. The van der Waals surface area contributed by atoms with E-state index in [1.165, 1.54) is 6.26 Å². The van der Waals surface area contributed by atoms with Gasteiger partial charge in [-0.15, -0.1) is 11.8 Å². The van der Waals surface area contributed by atoms with Gasteiger partial charge in [0, 0.05) is 22.9 Å². The number of nitrogens with one attached hydrogen (secondary N) is 1. The lowest BCUT2D eigenvalue weighted by molar-refractivity contribution is 0.602. The zero-order chi connectivity index (χ0) is 13.9. The maximum atomic E-state index is 11.3. The summed E-state index contributed by atoms with van der Waals surface area (Å²) in [5.74, 6) is 0.672. The lowest BCUT2D eigenvalue weighted by Gasteiger charge is -2.10. The molecule has 1 atom stereocenters. The monoisotopic (exact) mass is 296 g/mol. The molecule has 0 aliphatic heterocycles. The number of nitrogens with zero attached hydrogens (tertiary/aromatic N) is 1. The van der Waals surface area contributed by atoms with Gasteiger partial charge in [-0.05, 0) is 37.1 Å². The lowest BCUT2D eigenvalue weighted by atomic mass is 10.4. The average molecular weight is 296 g/mol. The van der Waals surface area contributed by atoms with E-state index >= 15 is 0 Å². The molecule has 0 amide bonds. The predicted octanol–water partition coefficient (Wildman–Crippen LogP) is 1.83. The third-order valence-electron chi connectivity index (χ3n) is 2.84. The van der Waals surface area contributed by atoms with Gasteiger partial charge in [0.05, 0.1) is 11.0 Å². The van der Waals surface area contributed by atoms with Crippen LogP contribution in [-0.2, 0) is 9.84 Å². The van der Waals surface area contributed by atoms with Crippen LogP contribution in [0.5, 0.6) is 0 Å². The van der Waals surface area contributed by atoms with Crippen molar-refractivity contribution < 1.29 is 8.42 Å². The molecule has 1 fully saturated rings. The standard InChI is InChI=1S/C13H16N2O2S2/c1-19(16,17)13-6-4-12(5-7-13)18-9-11(8-14)15-10-2-3-10/h4-7,10-11,15H,2-3,9H2,1H3. The highest BCUT2D eigenvalue weighted by Gasteiger charge is 2.24. The number of hydrogen-bond acceptors (Lipinski definition) is 5. The molecular formula is C13H16N2O2S2. The zero-order valence-electron chi connectivity index (χ0n) is 10.7. The second-order valence-corrected chi connectivity index (χ2v) is 7.79. The fraction of sp³-hybridized carbons (Fsp3) is 0.462. The second-order valence-electron chi connectivity index (χ2n) is 4.68. The summed E-state index contributed by atoms with van der Waals surface area (Å²) in [6.45, 7) is 0. The normalized spacial score (nSPS) is 16.8. The molecule has 1 saturated carbocycles. The Morgan fingerprint density at radius 2 is 2.05 bits per heavy atom. The number of thioether (sulfide) groups is 1. The van der Waals surface area contributed by atoms with Crippen LogP contribution in [0.2, 0.25) is 0 Å². The fourth-order valence-electron chi connectivity index (χ4n) is 1.62. The van der Waals surface area contributed by atoms with E-state index in [-0.39, 0.29) is 6.04 Å². The van der Waals surface area contributed by atoms with E-state index in [9.17, 15) is 8.42 Å². The van der Waals surface area contributed by atoms with Crippen LogP contribution in [0.25, 0.3) is 0 Å². The van der Waals surface area contributed by atoms with Crippen molar-refractivity contribution in [2.45, 2.75) is 34.7 Å². The molecule has 0 saturated heterocycles. The van der Waals surface area contributed by atoms with E-state index < -0.39 is 9.84 Å². The van der Waals surface area contributed by atoms with Crippen molar-refractivity contribution in [2.24, 2.45) is 0 Å². The summed E-state index contributed by atoms with van der Waals surface area (Å²) in [7, 11) is -3.14. The van der Waals surface area contributed by atoms with Gasteiger partial charge in [-0.25, -0.2) is 8.42 Å². The Morgan fingerprint density at radius 3 is 2.53 bits per heavy atom. The van der Waals surface area contributed by atoms with E-state index in [4.69, 9.17) is 5.26 Å². The van der Waals surface area contributed by atoms with Gasteiger partial charge in [-0.1, -0.05) is 0 Å². The molecular weight excluding hydrogens is 280 g/mol. The van der Waals surface area contributed by atoms with Crippen LogP contribution < -0.4 is 5.32 Å². The molecule has 0 radical (unpaired) electrons. The first-order chi connectivity index (χ1) is 8.99. The van der Waals surface area contributed by atoms with E-state index in [0.717, 1.165) is 17.7 Å². The Bertz CT molecular complexity index is 572. The van der Waals surface area contributed by atoms with Crippen LogP contribution in [-0.4, -0.2) is 32.5 Å². The lowest BCUT2D eigenvalue weighted by Crippen LogP contribution is -2.31. The van der Waals surface area contributed by atoms with E-state index in [1.54, 1.807) is 36.0 Å². The topological polar surface area (TPSA) is 70.0 Å². The molecule has 1 aromatic rings. The number of rotatable bonds is 6. The molecule has 4 nitrogen and oxygen atoms in total. The van der Waals surface area contributed by atoms with Gasteiger partial charge in [-0.3, -0.25) is 5.32 Å². The largest absolute Gasteiger partial charge is 0.298 e. The summed E-state index contributed by atoms with van der Waals surface area (Å²) in [5.41, 5.74) is 0. The average Bonchev–Trinajstić information content (AvgIpc) is 3.18. The van der Waals surface area contributed by atoms with Crippen LogP contribution >= 0.6 is 11.8 Å². The molecule has 0 aromatic heterocycles. The highest BCUT2D eigenvalue weighted by molar-refractivity contribution is 7.99. The summed E-state index contributed by atoms with van der Waals surface area (Å²) >= 11 is 1.56. The van der Waals surface area contributed by atoms with Crippen LogP contribution in [0.4, 0.5) is 0 Å². The Balaban J connectivity index is 1.90. The van der Waals surface area contributed by atoms with Crippen molar-refractivity contribution in [3.8, 4) is 6.07 Å². The van der Waals surface area contributed by atoms with Gasteiger partial charge < -0.3 is 0 Å². The van der Waals surface area contributed by atoms with Crippen LogP contribution in [0.3, 0.4) is 0 Å². The summed E-state index contributed by atoms with van der Waals surface area (Å²) < 4.78 is 22.6. The molecule has 19 heavy (non-hydrogen) atoms. The first-order valence-corrected chi connectivity index (χ1v) is 8.95. The van der Waals surface area contributed by atoms with Crippen LogP contribution in [0.15, 0.2) is 34.1 Å². The maximum Gasteiger partial charge on any atom is 0.175 e. The maximum absolute atomic E-state index is 11.3. The molecule has 1 aliphatic carbocycles. The van der Waals surface area contributed by atoms with Crippen molar-refractivity contribution in [1.29, 1.82) is 5.26 Å². The van der Waals surface area contributed by atoms with Crippen molar-refractivity contribution in [3.63, 3.8) is 0 Å². The summed E-state index contributed by atoms with van der Waals surface area (Å²) in [6, 6.07) is 9.39. The van der Waals surface area contributed by atoms with Gasteiger partial charge >= 0.3 is 0 Å². The van der Waals surface area contributed by atoms with Crippen molar-refractivity contribution in [2.75, 3.05) is 12.0 Å². The van der Waals surface area contributed by atoms with E-state index in [0.29, 0.717) is 16.7 Å². The molecule has 102 valence electrons. The van der Waals surface area contributed by atoms with Crippen LogP contribution in [0.1, 0.15) is 12.8 Å². The third kappa shape index (κ3) is 4.53. The molecule has 6 heteroatoms. The second kappa shape index (κ2) is 5.95. The quantitative estimate of drug-likeness (QED) is 0.811. The summed E-state index contributed by atoms with van der Waals surface area (Å²) in [6.07, 6.45) is 3.51. The number of nitriles is 1. The Morgan fingerprint density at radius 1 is 1.42 bits per heavy atom. The van der Waals surface area contributed by atoms with E-state index in [1.807, 2.05) is 0 Å². The molecule has 1 N–H and O–H groups in total. The first kappa shape index (κ1) is 14.4. The van der Waals surface area contributed by atoms with Crippen molar-refractivity contribution in [3.05, 3.63) is 24.3 Å². The number of benzene rings is 1. The van der Waals surface area contributed by atoms with Gasteiger partial charge in [-0.2, -0.15) is 5.26 Å². The highest BCUT2D eigenvalue weighted by Crippen LogP contribution is 2.23. The Kier molecular flexibility index (Phi) is 4.50. The van der Waals surface area contributed by atoms with E-state index in [2.05, 4.69) is 11.4 Å². The molecule has 0 heterocycles. The SMILES string of the molecule is CS(=O)(=O)c1ccc(SCC(C#N)NC2CC2)cc1. The highest BCUT2D eigenvalue weighted by atomic mass is 32.2. The van der Waals surface area contributed by atoms with Crippen molar-refractivity contribution >= 4 is 21.6 Å². The van der Waals surface area contributed by atoms with Gasteiger partial charge in [0.1, 0.15) is 6.04 Å². The molecule has 0 spiro atoms. The first-order valence-electron chi connectivity index (χ1n) is 6.07. The van der Waals surface area contributed by atoms with Gasteiger partial charge in [0.2, 0.25) is 0 Å². The minimum atomic E-state index is -3.14. The van der Waals surface area contributed by atoms with Crippen molar-refractivity contribution in [1.82, 2.24) is 5.32 Å². The molecule has 1 aliphatic rings. The summed E-state index contributed by atoms with van der Waals surface area (Å²) in [4.78, 5) is 1.30. The fourth-order valence-corrected chi connectivity index (χ4v) is 3.11. The molecule has 1 aromatic carbocycles. The molecule has 0 bridgehead atoms. The Hall–Kier alpha value is -1.03. The van der Waals surface area contributed by atoms with Crippen LogP contribution in [0, 0.1) is 11.3 Å². The third-order valence-corrected chi connectivity index (χ3v) is 5.07. The summed E-state index contributed by atoms with van der Waals surface area (Å²) in [5, 5.41) is 12.3. The smallest absolute Gasteiger partial charge is 0.175 e. The Labute approximate surface area is 118 Å². The minimum absolute atomic E-state index is 0.146. The number of sulfone groups is 1.